The summed E-state index contributed by atoms with van der Waals surface area (Å²) in [6, 6.07) is 19.6. The van der Waals surface area contributed by atoms with Crippen molar-refractivity contribution in [3.63, 3.8) is 0 Å². The number of allylic oxidation sites excluding steroid dienone is 1. The lowest BCUT2D eigenvalue weighted by atomic mass is 9.77. The molecule has 0 radical (unpaired) electrons. The summed E-state index contributed by atoms with van der Waals surface area (Å²) >= 11 is 0. The maximum Gasteiger partial charge on any atom is 0.0920 e. The Morgan fingerprint density at radius 3 is 2.17 bits per heavy atom. The van der Waals surface area contributed by atoms with Crippen molar-refractivity contribution in [2.45, 2.75) is 70.9 Å². The van der Waals surface area contributed by atoms with E-state index >= 15 is 0 Å². The lowest BCUT2D eigenvalue weighted by molar-refractivity contribution is -0.0334. The Labute approximate surface area is 177 Å². The molecule has 2 aromatic carbocycles. The van der Waals surface area contributed by atoms with Gasteiger partial charge in [0.15, 0.2) is 0 Å². The summed E-state index contributed by atoms with van der Waals surface area (Å²) in [6.07, 6.45) is 5.07. The number of aliphatic hydroxyl groups is 1. The Morgan fingerprint density at radius 2 is 1.62 bits per heavy atom. The van der Waals surface area contributed by atoms with Crippen LogP contribution in [0.1, 0.15) is 63.6 Å². The Balaban J connectivity index is 1.75. The minimum absolute atomic E-state index is 0.0947. The summed E-state index contributed by atoms with van der Waals surface area (Å²) in [4.78, 5) is 2.57. The fourth-order valence-electron chi connectivity index (χ4n) is 4.59. The zero-order valence-corrected chi connectivity index (χ0v) is 18.8. The molecule has 0 amide bonds. The van der Waals surface area contributed by atoms with Gasteiger partial charge < -0.3 is 5.11 Å². The lowest BCUT2D eigenvalue weighted by Crippen LogP contribution is -2.48. The fourth-order valence-corrected chi connectivity index (χ4v) is 4.59. The van der Waals surface area contributed by atoms with E-state index in [4.69, 9.17) is 0 Å². The van der Waals surface area contributed by atoms with Gasteiger partial charge in [0.2, 0.25) is 0 Å². The number of likely N-dealkylation sites (tertiary alicyclic amines) is 1. The van der Waals surface area contributed by atoms with Crippen LogP contribution in [0.2, 0.25) is 0 Å². The minimum atomic E-state index is -0.695. The first-order valence-corrected chi connectivity index (χ1v) is 10.9. The maximum atomic E-state index is 11.2. The number of benzene rings is 2. The summed E-state index contributed by atoms with van der Waals surface area (Å²) in [5, 5.41) is 11.2. The summed E-state index contributed by atoms with van der Waals surface area (Å²) < 4.78 is 0. The van der Waals surface area contributed by atoms with Gasteiger partial charge >= 0.3 is 0 Å². The molecule has 1 fully saturated rings. The summed E-state index contributed by atoms with van der Waals surface area (Å²) in [5.41, 5.74) is 4.52. The van der Waals surface area contributed by atoms with Gasteiger partial charge in [0, 0.05) is 19.1 Å². The fraction of sp³-hybridized carbons (Fsp3) is 0.481. The van der Waals surface area contributed by atoms with Gasteiger partial charge in [0.05, 0.1) is 5.60 Å². The van der Waals surface area contributed by atoms with Crippen LogP contribution >= 0.6 is 0 Å². The summed E-state index contributed by atoms with van der Waals surface area (Å²) in [6.45, 7) is 13.1. The van der Waals surface area contributed by atoms with Crippen molar-refractivity contribution < 1.29 is 5.11 Å². The van der Waals surface area contributed by atoms with E-state index in [0.29, 0.717) is 6.04 Å². The van der Waals surface area contributed by atoms with E-state index < -0.39 is 5.60 Å². The molecule has 1 saturated heterocycles. The van der Waals surface area contributed by atoms with Crippen LogP contribution in [0.25, 0.3) is 0 Å². The first-order valence-electron chi connectivity index (χ1n) is 10.9. The van der Waals surface area contributed by atoms with E-state index in [0.717, 1.165) is 37.9 Å². The molecule has 2 heteroatoms. The highest BCUT2D eigenvalue weighted by molar-refractivity contribution is 5.28. The second-order valence-corrected chi connectivity index (χ2v) is 9.70. The molecule has 0 saturated carbocycles. The lowest BCUT2D eigenvalue weighted by Gasteiger charge is -2.43. The molecule has 156 valence electrons. The smallest absolute Gasteiger partial charge is 0.0920 e. The SMILES string of the molecule is CC(C)=CC(CC(C)(C)c1ccc(C)cc1)N1CCC(O)(c2ccccc2)CC1. The zero-order chi connectivity index (χ0) is 21.1. The van der Waals surface area contributed by atoms with Crippen LogP contribution in [0.4, 0.5) is 0 Å². The van der Waals surface area contributed by atoms with Crippen molar-refractivity contribution in [1.82, 2.24) is 4.90 Å². The van der Waals surface area contributed by atoms with Gasteiger partial charge in [-0.1, -0.05) is 85.7 Å². The Morgan fingerprint density at radius 1 is 1.03 bits per heavy atom. The van der Waals surface area contributed by atoms with Gasteiger partial charge in [-0.15, -0.1) is 0 Å². The predicted molar refractivity (Wildman–Crippen MR) is 123 cm³/mol. The van der Waals surface area contributed by atoms with E-state index in [1.807, 2.05) is 18.2 Å². The highest BCUT2D eigenvalue weighted by Crippen LogP contribution is 2.36. The van der Waals surface area contributed by atoms with Gasteiger partial charge in [-0.25, -0.2) is 0 Å². The third kappa shape index (κ3) is 5.38. The van der Waals surface area contributed by atoms with Crippen molar-refractivity contribution in [1.29, 1.82) is 0 Å². The standard InChI is InChI=1S/C27H37NO/c1-21(2)19-25(20-26(4,5)23-13-11-22(3)12-14-23)28-17-15-27(29,16-18-28)24-9-7-6-8-10-24/h6-14,19,25,29H,15-18,20H2,1-5H3. The third-order valence-electron chi connectivity index (χ3n) is 6.48. The molecule has 1 N–H and O–H groups in total. The molecule has 0 spiro atoms. The average molecular weight is 392 g/mol. The third-order valence-corrected chi connectivity index (χ3v) is 6.48. The molecule has 29 heavy (non-hydrogen) atoms. The number of rotatable bonds is 6. The molecule has 2 aromatic rings. The van der Waals surface area contributed by atoms with E-state index in [2.05, 4.69) is 82.0 Å². The normalized spacial score (nSPS) is 18.3. The number of nitrogens with zero attached hydrogens (tertiary/aromatic N) is 1. The van der Waals surface area contributed by atoms with E-state index in [9.17, 15) is 5.11 Å². The van der Waals surface area contributed by atoms with Gasteiger partial charge in [0.1, 0.15) is 0 Å². The summed E-state index contributed by atoms with van der Waals surface area (Å²) in [7, 11) is 0. The molecule has 1 atom stereocenters. The van der Waals surface area contributed by atoms with Gasteiger partial charge in [-0.3, -0.25) is 4.90 Å². The average Bonchev–Trinajstić information content (AvgIpc) is 2.68. The van der Waals surface area contributed by atoms with E-state index in [1.54, 1.807) is 0 Å². The molecule has 1 aliphatic rings. The largest absolute Gasteiger partial charge is 0.385 e. The molecule has 1 heterocycles. The van der Waals surface area contributed by atoms with Crippen LogP contribution < -0.4 is 0 Å². The van der Waals surface area contributed by atoms with Crippen molar-refractivity contribution in [3.05, 3.63) is 82.9 Å². The molecule has 0 aromatic heterocycles. The van der Waals surface area contributed by atoms with Crippen molar-refractivity contribution >= 4 is 0 Å². The molecular weight excluding hydrogens is 354 g/mol. The number of aryl methyl sites for hydroxylation is 1. The minimum Gasteiger partial charge on any atom is -0.385 e. The van der Waals surface area contributed by atoms with Crippen LogP contribution in [0, 0.1) is 6.92 Å². The monoisotopic (exact) mass is 391 g/mol. The van der Waals surface area contributed by atoms with Crippen LogP contribution in [0.5, 0.6) is 0 Å². The maximum absolute atomic E-state index is 11.2. The molecule has 0 aliphatic carbocycles. The Hall–Kier alpha value is -1.90. The Bertz CT molecular complexity index is 807. The molecule has 1 aliphatic heterocycles. The van der Waals surface area contributed by atoms with Crippen LogP contribution in [-0.2, 0) is 11.0 Å². The topological polar surface area (TPSA) is 23.5 Å². The number of hydrogen-bond acceptors (Lipinski definition) is 2. The molecular formula is C27H37NO. The van der Waals surface area contributed by atoms with E-state index in [1.165, 1.54) is 16.7 Å². The number of hydrogen-bond donors (Lipinski definition) is 1. The van der Waals surface area contributed by atoms with Crippen molar-refractivity contribution in [2.75, 3.05) is 13.1 Å². The predicted octanol–water partition coefficient (Wildman–Crippen LogP) is 5.98. The van der Waals surface area contributed by atoms with Gasteiger partial charge in [-0.2, -0.15) is 0 Å². The molecule has 2 nitrogen and oxygen atoms in total. The second kappa shape index (κ2) is 8.85. The van der Waals surface area contributed by atoms with E-state index in [-0.39, 0.29) is 5.41 Å². The van der Waals surface area contributed by atoms with Gasteiger partial charge in [-0.05, 0) is 56.6 Å². The van der Waals surface area contributed by atoms with Crippen molar-refractivity contribution in [2.24, 2.45) is 0 Å². The highest BCUT2D eigenvalue weighted by Gasteiger charge is 2.37. The first-order chi connectivity index (χ1) is 13.7. The molecule has 0 bridgehead atoms. The highest BCUT2D eigenvalue weighted by atomic mass is 16.3. The van der Waals surface area contributed by atoms with Gasteiger partial charge in [0.25, 0.3) is 0 Å². The molecule has 3 rings (SSSR count). The quantitative estimate of drug-likeness (QED) is 0.612. The van der Waals surface area contributed by atoms with Crippen LogP contribution in [0.15, 0.2) is 66.2 Å². The summed E-state index contributed by atoms with van der Waals surface area (Å²) in [5.74, 6) is 0. The molecule has 1 unspecified atom stereocenters. The second-order valence-electron chi connectivity index (χ2n) is 9.70. The first kappa shape index (κ1) is 21.8. The number of piperidine rings is 1. The van der Waals surface area contributed by atoms with Crippen molar-refractivity contribution in [3.8, 4) is 0 Å². The zero-order valence-electron chi connectivity index (χ0n) is 18.8. The Kier molecular flexibility index (Phi) is 6.65. The van der Waals surface area contributed by atoms with Crippen LogP contribution in [0.3, 0.4) is 0 Å². The van der Waals surface area contributed by atoms with Crippen LogP contribution in [-0.4, -0.2) is 29.1 Å².